The van der Waals surface area contributed by atoms with Gasteiger partial charge >= 0.3 is 0 Å². The molecule has 43 heavy (non-hydrogen) atoms. The van der Waals surface area contributed by atoms with E-state index in [1.807, 2.05) is 0 Å². The van der Waals surface area contributed by atoms with Crippen LogP contribution in [0.5, 0.6) is 0 Å². The van der Waals surface area contributed by atoms with Crippen molar-refractivity contribution in [3.8, 4) is 11.3 Å². The standard InChI is InChI=1S/C35H51N5O2S/c1-5-7-12-40(13-8-6-2)35(42)31-24-30-29(33(36-34(30)43-31)28-22-26(3)21-27(4)23-28)11-16-37-17-19-39(20-18-37)32(25-41)38-14-9-10-15-38/h21-25,32,36H,5-20H2,1-4H3. The van der Waals surface area contributed by atoms with E-state index in [0.717, 1.165) is 107 Å². The number of nitrogens with zero attached hydrogens (tertiary/aromatic N) is 4. The fourth-order valence-electron chi connectivity index (χ4n) is 6.86. The van der Waals surface area contributed by atoms with E-state index in [0.29, 0.717) is 0 Å². The summed E-state index contributed by atoms with van der Waals surface area (Å²) in [7, 11) is 0. The molecule has 5 rings (SSSR count). The van der Waals surface area contributed by atoms with Crippen LogP contribution in [0.15, 0.2) is 24.3 Å². The highest BCUT2D eigenvalue weighted by molar-refractivity contribution is 7.20. The smallest absolute Gasteiger partial charge is 0.264 e. The largest absolute Gasteiger partial charge is 0.346 e. The first-order valence-electron chi connectivity index (χ1n) is 16.6. The molecule has 4 heterocycles. The van der Waals surface area contributed by atoms with Gasteiger partial charge in [0.15, 0.2) is 6.29 Å². The van der Waals surface area contributed by atoms with E-state index in [9.17, 15) is 9.59 Å². The van der Waals surface area contributed by atoms with E-state index in [-0.39, 0.29) is 12.1 Å². The number of nitrogens with one attached hydrogen (secondary N) is 1. The number of benzene rings is 1. The van der Waals surface area contributed by atoms with Gasteiger partial charge in [0, 0.05) is 64.3 Å². The maximum atomic E-state index is 13.7. The molecule has 3 aromatic rings. The maximum absolute atomic E-state index is 13.7. The minimum atomic E-state index is -0.0684. The number of carbonyl (C=O) groups is 2. The molecule has 0 bridgehead atoms. The van der Waals surface area contributed by atoms with Crippen LogP contribution < -0.4 is 0 Å². The molecule has 1 amide bonds. The van der Waals surface area contributed by atoms with E-state index in [4.69, 9.17) is 0 Å². The number of likely N-dealkylation sites (tertiary alicyclic amines) is 1. The highest BCUT2D eigenvalue weighted by Crippen LogP contribution is 2.37. The number of fused-ring (bicyclic) bond motifs is 1. The third-order valence-corrected chi connectivity index (χ3v) is 10.3. The highest BCUT2D eigenvalue weighted by atomic mass is 32.1. The monoisotopic (exact) mass is 605 g/mol. The Morgan fingerprint density at radius 1 is 0.930 bits per heavy atom. The summed E-state index contributed by atoms with van der Waals surface area (Å²) in [6.07, 6.45) is 8.66. The van der Waals surface area contributed by atoms with Crippen molar-refractivity contribution in [2.75, 3.05) is 58.9 Å². The lowest BCUT2D eigenvalue weighted by atomic mass is 9.99. The molecule has 1 unspecified atom stereocenters. The van der Waals surface area contributed by atoms with Gasteiger partial charge in [-0.1, -0.05) is 43.9 Å². The van der Waals surface area contributed by atoms with Crippen molar-refractivity contribution in [2.45, 2.75) is 78.8 Å². The third kappa shape index (κ3) is 7.59. The number of amides is 1. The Labute approximate surface area is 262 Å². The van der Waals surface area contributed by atoms with Crippen LogP contribution >= 0.6 is 11.3 Å². The van der Waals surface area contributed by atoms with Crippen molar-refractivity contribution in [3.05, 3.63) is 45.8 Å². The number of rotatable bonds is 14. The zero-order valence-electron chi connectivity index (χ0n) is 26.8. The molecule has 0 aliphatic carbocycles. The minimum Gasteiger partial charge on any atom is -0.346 e. The summed E-state index contributed by atoms with van der Waals surface area (Å²) in [6.45, 7) is 17.2. The van der Waals surface area contributed by atoms with E-state index >= 15 is 0 Å². The van der Waals surface area contributed by atoms with Gasteiger partial charge in [0.1, 0.15) is 11.0 Å². The molecule has 2 aromatic heterocycles. The topological polar surface area (TPSA) is 62.9 Å². The van der Waals surface area contributed by atoms with Crippen LogP contribution in [-0.2, 0) is 11.2 Å². The van der Waals surface area contributed by atoms with Crippen LogP contribution in [-0.4, -0.2) is 102 Å². The molecule has 2 saturated heterocycles. The Kier molecular flexibility index (Phi) is 11.1. The number of aromatic nitrogens is 1. The number of carbonyl (C=O) groups excluding carboxylic acids is 2. The molecular weight excluding hydrogens is 554 g/mol. The molecule has 2 aliphatic rings. The second-order valence-electron chi connectivity index (χ2n) is 12.6. The molecule has 7 nitrogen and oxygen atoms in total. The maximum Gasteiger partial charge on any atom is 0.264 e. The number of H-pyrrole nitrogens is 1. The predicted octanol–water partition coefficient (Wildman–Crippen LogP) is 6.34. The number of hydrogen-bond acceptors (Lipinski definition) is 6. The highest BCUT2D eigenvalue weighted by Gasteiger charge is 2.30. The van der Waals surface area contributed by atoms with Crippen LogP contribution in [0.2, 0.25) is 0 Å². The molecular formula is C35H51N5O2S. The Morgan fingerprint density at radius 3 is 2.16 bits per heavy atom. The fourth-order valence-corrected chi connectivity index (χ4v) is 7.92. The summed E-state index contributed by atoms with van der Waals surface area (Å²) >= 11 is 1.61. The van der Waals surface area contributed by atoms with E-state index in [2.05, 4.69) is 76.5 Å². The van der Waals surface area contributed by atoms with Gasteiger partial charge in [-0.05, 0) is 75.3 Å². The average Bonchev–Trinajstić information content (AvgIpc) is 3.74. The SMILES string of the molecule is CCCCN(CCCC)C(=O)c1cc2c(CCN3CCN(C(C=O)N4CCCC4)CC3)c(-c3cc(C)cc(C)c3)[nH]c2s1. The van der Waals surface area contributed by atoms with Crippen LogP contribution in [0.25, 0.3) is 21.5 Å². The van der Waals surface area contributed by atoms with Crippen LogP contribution in [0.3, 0.4) is 0 Å². The van der Waals surface area contributed by atoms with E-state index < -0.39 is 0 Å². The quantitative estimate of drug-likeness (QED) is 0.218. The second kappa shape index (κ2) is 15.0. The lowest BCUT2D eigenvalue weighted by Gasteiger charge is -2.40. The number of piperazine rings is 1. The number of aryl methyl sites for hydroxylation is 2. The van der Waals surface area contributed by atoms with Gasteiger partial charge < -0.3 is 19.6 Å². The second-order valence-corrected chi connectivity index (χ2v) is 13.7. The fraction of sp³-hybridized carbons (Fsp3) is 0.600. The Bertz CT molecular complexity index is 1340. The van der Waals surface area contributed by atoms with Crippen LogP contribution in [0, 0.1) is 13.8 Å². The molecule has 0 radical (unpaired) electrons. The molecule has 1 N–H and O–H groups in total. The zero-order chi connectivity index (χ0) is 30.3. The van der Waals surface area contributed by atoms with E-state index in [1.165, 1.54) is 46.2 Å². The molecule has 8 heteroatoms. The normalized spacial score (nSPS) is 17.6. The van der Waals surface area contributed by atoms with Gasteiger partial charge in [-0.3, -0.25) is 14.6 Å². The Morgan fingerprint density at radius 2 is 1.56 bits per heavy atom. The Balaban J connectivity index is 1.36. The number of thiophene rings is 1. The summed E-state index contributed by atoms with van der Waals surface area (Å²) in [5.74, 6) is 0.175. The third-order valence-electron chi connectivity index (χ3n) is 9.26. The summed E-state index contributed by atoms with van der Waals surface area (Å²) in [5, 5.41) is 1.20. The first-order valence-corrected chi connectivity index (χ1v) is 17.4. The summed E-state index contributed by atoms with van der Waals surface area (Å²) in [6, 6.07) is 8.92. The number of hydrogen-bond donors (Lipinski definition) is 1. The molecule has 0 spiro atoms. The first-order chi connectivity index (χ1) is 20.9. The van der Waals surface area contributed by atoms with Crippen molar-refractivity contribution < 1.29 is 9.59 Å². The van der Waals surface area contributed by atoms with Crippen molar-refractivity contribution in [2.24, 2.45) is 0 Å². The molecule has 1 atom stereocenters. The summed E-state index contributed by atoms with van der Waals surface area (Å²) in [5.41, 5.74) is 6.25. The van der Waals surface area contributed by atoms with Gasteiger partial charge in [0.05, 0.1) is 10.6 Å². The van der Waals surface area contributed by atoms with Gasteiger partial charge in [0.25, 0.3) is 5.91 Å². The minimum absolute atomic E-state index is 0.0684. The van der Waals surface area contributed by atoms with Crippen LogP contribution in [0.1, 0.15) is 78.7 Å². The summed E-state index contributed by atoms with van der Waals surface area (Å²) < 4.78 is 0. The van der Waals surface area contributed by atoms with Crippen LogP contribution in [0.4, 0.5) is 0 Å². The van der Waals surface area contributed by atoms with Crippen molar-refractivity contribution in [1.29, 1.82) is 0 Å². The number of aldehydes is 1. The molecule has 1 aromatic carbocycles. The van der Waals surface area contributed by atoms with Crippen molar-refractivity contribution in [1.82, 2.24) is 24.6 Å². The van der Waals surface area contributed by atoms with Crippen molar-refractivity contribution >= 4 is 33.7 Å². The first kappa shape index (κ1) is 31.9. The lowest BCUT2D eigenvalue weighted by molar-refractivity contribution is -0.119. The summed E-state index contributed by atoms with van der Waals surface area (Å²) in [4.78, 5) is 40.7. The molecule has 2 aliphatic heterocycles. The Hall–Kier alpha value is -2.52. The predicted molar refractivity (Wildman–Crippen MR) is 179 cm³/mol. The van der Waals surface area contributed by atoms with Crippen molar-refractivity contribution in [3.63, 3.8) is 0 Å². The molecule has 0 saturated carbocycles. The van der Waals surface area contributed by atoms with Gasteiger partial charge in [-0.15, -0.1) is 11.3 Å². The number of unbranched alkanes of at least 4 members (excludes halogenated alkanes) is 2. The van der Waals surface area contributed by atoms with E-state index in [1.54, 1.807) is 11.3 Å². The number of aromatic amines is 1. The molecule has 234 valence electrons. The van der Waals surface area contributed by atoms with Gasteiger partial charge in [0.2, 0.25) is 0 Å². The molecule has 2 fully saturated rings. The van der Waals surface area contributed by atoms with Gasteiger partial charge in [-0.25, -0.2) is 0 Å². The zero-order valence-corrected chi connectivity index (χ0v) is 27.6. The lowest BCUT2D eigenvalue weighted by Crippen LogP contribution is -2.56. The van der Waals surface area contributed by atoms with Gasteiger partial charge in [-0.2, -0.15) is 0 Å². The average molecular weight is 606 g/mol.